The van der Waals surface area contributed by atoms with Crippen LogP contribution in [0.4, 0.5) is 0 Å². The second-order valence-electron chi connectivity index (χ2n) is 12.8. The van der Waals surface area contributed by atoms with Crippen LogP contribution in [0.3, 0.4) is 0 Å². The van der Waals surface area contributed by atoms with Crippen molar-refractivity contribution in [2.45, 2.75) is 114 Å². The second kappa shape index (κ2) is 11.6. The topological polar surface area (TPSA) is 149 Å². The number of primary amides is 1. The maximum atomic E-state index is 13.8. The Bertz CT molecular complexity index is 846. The maximum absolute atomic E-state index is 13.8. The first-order chi connectivity index (χ1) is 17.8. The number of nitrogens with one attached hydrogen (secondary N) is 2. The molecule has 0 aromatic heterocycles. The van der Waals surface area contributed by atoms with E-state index in [4.69, 9.17) is 16.9 Å². The average Bonchev–Trinajstić information content (AvgIpc) is 3.48. The number of β-amino-alcohol motifs (C(OH)–C–C–N with tert-alkyl or cyclic N) is 1. The molecule has 5 aliphatic rings. The van der Waals surface area contributed by atoms with Crippen molar-refractivity contribution >= 4 is 17.6 Å². The van der Waals surface area contributed by atoms with Crippen molar-refractivity contribution < 1.29 is 14.7 Å². The van der Waals surface area contributed by atoms with Crippen molar-refractivity contribution in [3.05, 3.63) is 0 Å². The quantitative estimate of drug-likeness (QED) is 0.256. The van der Waals surface area contributed by atoms with Crippen LogP contribution in [0.1, 0.15) is 83.5 Å². The molecule has 2 heterocycles. The Hall–Kier alpha value is -1.71. The summed E-state index contributed by atoms with van der Waals surface area (Å²) in [7, 11) is 0. The van der Waals surface area contributed by atoms with E-state index in [9.17, 15) is 14.7 Å². The van der Waals surface area contributed by atoms with E-state index in [1.165, 1.54) is 0 Å². The molecule has 0 aromatic rings. The molecule has 0 radical (unpaired) electrons. The summed E-state index contributed by atoms with van der Waals surface area (Å²) in [6.07, 6.45) is 12.4. The molecule has 3 aliphatic carbocycles. The Kier molecular flexibility index (Phi) is 8.41. The summed E-state index contributed by atoms with van der Waals surface area (Å²) < 4.78 is 0. The number of nitrogens with zero attached hydrogens (tertiary/aromatic N) is 2. The smallest absolute Gasteiger partial charge is 0.237 e. The molecular weight excluding hydrogens is 468 g/mol. The minimum absolute atomic E-state index is 0.00517. The number of rotatable bonds is 7. The number of likely N-dealkylation sites (tertiary alicyclic amines) is 2. The zero-order valence-electron chi connectivity index (χ0n) is 22.3. The van der Waals surface area contributed by atoms with Crippen LogP contribution in [-0.2, 0) is 9.59 Å². The number of aliphatic hydroxyl groups is 1. The summed E-state index contributed by atoms with van der Waals surface area (Å²) in [5.74, 6) is 1.35. The molecule has 5 rings (SSSR count). The number of amides is 2. The summed E-state index contributed by atoms with van der Waals surface area (Å²) in [6, 6.07) is 0.834. The highest BCUT2D eigenvalue weighted by atomic mass is 16.3. The fourth-order valence-electron chi connectivity index (χ4n) is 8.30. The maximum Gasteiger partial charge on any atom is 0.237 e. The summed E-state index contributed by atoms with van der Waals surface area (Å²) in [6.45, 7) is 2.61. The van der Waals surface area contributed by atoms with E-state index in [1.807, 2.05) is 0 Å². The van der Waals surface area contributed by atoms with Crippen molar-refractivity contribution in [2.75, 3.05) is 19.6 Å². The Morgan fingerprint density at radius 1 is 0.919 bits per heavy atom. The number of amidine groups is 1. The van der Waals surface area contributed by atoms with Crippen LogP contribution < -0.4 is 16.8 Å². The van der Waals surface area contributed by atoms with Gasteiger partial charge in [-0.15, -0.1) is 0 Å². The Morgan fingerprint density at radius 3 is 2.35 bits per heavy atom. The van der Waals surface area contributed by atoms with Crippen molar-refractivity contribution in [1.29, 1.82) is 5.41 Å². The van der Waals surface area contributed by atoms with Gasteiger partial charge in [-0.05, 0) is 95.3 Å². The molecule has 0 bridgehead atoms. The Morgan fingerprint density at radius 2 is 1.68 bits per heavy atom. The SMILES string of the molecule is N=C(N)C1CCC2CC(C(=O)NC3CCCC(N4CC[C@H](O)C4)C3)N(CC3CCC(C(N)=O)CC3)C2C1. The molecule has 7 N–H and O–H groups in total. The average molecular weight is 517 g/mol. The fraction of sp³-hybridized carbons (Fsp3) is 0.893. The van der Waals surface area contributed by atoms with Gasteiger partial charge in [-0.3, -0.25) is 24.8 Å². The lowest BCUT2D eigenvalue weighted by molar-refractivity contribution is -0.127. The van der Waals surface area contributed by atoms with Crippen molar-refractivity contribution in [3.63, 3.8) is 0 Å². The van der Waals surface area contributed by atoms with E-state index in [2.05, 4.69) is 15.1 Å². The lowest BCUT2D eigenvalue weighted by Crippen LogP contribution is -2.53. The fourth-order valence-corrected chi connectivity index (χ4v) is 8.30. The van der Waals surface area contributed by atoms with Crippen LogP contribution in [0.15, 0.2) is 0 Å². The van der Waals surface area contributed by atoms with E-state index in [-0.39, 0.29) is 47.7 Å². The number of fused-ring (bicyclic) bond motifs is 1. The first kappa shape index (κ1) is 26.9. The standard InChI is InChI=1S/C28H48N6O3/c29-26(30)20-9-8-19-12-25(34(24(19)13-20)15-17-4-6-18(7-5-17)27(31)36)28(37)32-21-2-1-3-22(14-21)33-11-10-23(35)16-33/h17-25,35H,1-16H2,(H3,29,30)(H2,31,36)(H,32,37)/t17?,18?,19?,20?,21?,22?,23-,24?,25?/m0/s1. The normalized spacial score (nSPS) is 41.3. The van der Waals surface area contributed by atoms with Gasteiger partial charge in [0.1, 0.15) is 0 Å². The van der Waals surface area contributed by atoms with Gasteiger partial charge in [0.05, 0.1) is 18.0 Å². The number of carbonyl (C=O) groups excluding carboxylic acids is 2. The molecule has 9 nitrogen and oxygen atoms in total. The van der Waals surface area contributed by atoms with Gasteiger partial charge < -0.3 is 21.9 Å². The van der Waals surface area contributed by atoms with E-state index in [0.717, 1.165) is 103 Å². The van der Waals surface area contributed by atoms with Crippen LogP contribution in [0.2, 0.25) is 0 Å². The highest BCUT2D eigenvalue weighted by molar-refractivity contribution is 5.83. The minimum atomic E-state index is -0.206. The number of carbonyl (C=O) groups is 2. The molecule has 9 heteroatoms. The summed E-state index contributed by atoms with van der Waals surface area (Å²) in [4.78, 5) is 30.4. The predicted octanol–water partition coefficient (Wildman–Crippen LogP) is 1.57. The molecule has 3 saturated carbocycles. The zero-order chi connectivity index (χ0) is 26.1. The summed E-state index contributed by atoms with van der Waals surface area (Å²) in [5, 5.41) is 21.5. The Balaban J connectivity index is 1.24. The molecule has 2 aliphatic heterocycles. The number of hydrogen-bond donors (Lipinski definition) is 5. The van der Waals surface area contributed by atoms with Gasteiger partial charge in [-0.2, -0.15) is 0 Å². The van der Waals surface area contributed by atoms with Gasteiger partial charge in [0.25, 0.3) is 0 Å². The number of nitrogens with two attached hydrogens (primary N) is 2. The zero-order valence-corrected chi connectivity index (χ0v) is 22.3. The van der Waals surface area contributed by atoms with Gasteiger partial charge in [-0.1, -0.05) is 0 Å². The predicted molar refractivity (Wildman–Crippen MR) is 143 cm³/mol. The highest BCUT2D eigenvalue weighted by Gasteiger charge is 2.48. The monoisotopic (exact) mass is 516 g/mol. The van der Waals surface area contributed by atoms with Gasteiger partial charge in [-0.25, -0.2) is 0 Å². The van der Waals surface area contributed by atoms with Gasteiger partial charge in [0.2, 0.25) is 11.8 Å². The molecule has 6 unspecified atom stereocenters. The molecule has 2 saturated heterocycles. The molecule has 0 aromatic carbocycles. The van der Waals surface area contributed by atoms with Crippen LogP contribution in [-0.4, -0.2) is 82.5 Å². The van der Waals surface area contributed by atoms with Crippen LogP contribution in [0, 0.1) is 29.1 Å². The van der Waals surface area contributed by atoms with Gasteiger partial charge in [0, 0.05) is 49.6 Å². The van der Waals surface area contributed by atoms with Crippen molar-refractivity contribution in [1.82, 2.24) is 15.1 Å². The number of hydrogen-bond acceptors (Lipinski definition) is 6. The van der Waals surface area contributed by atoms with Crippen molar-refractivity contribution in [2.24, 2.45) is 35.1 Å². The van der Waals surface area contributed by atoms with Gasteiger partial charge >= 0.3 is 0 Å². The molecule has 37 heavy (non-hydrogen) atoms. The summed E-state index contributed by atoms with van der Waals surface area (Å²) >= 11 is 0. The molecule has 208 valence electrons. The molecule has 0 spiro atoms. The largest absolute Gasteiger partial charge is 0.392 e. The van der Waals surface area contributed by atoms with E-state index in [0.29, 0.717) is 23.9 Å². The lowest BCUT2D eigenvalue weighted by atomic mass is 9.77. The molecular formula is C28H48N6O3. The third-order valence-corrected chi connectivity index (χ3v) is 10.5. The third kappa shape index (κ3) is 6.14. The van der Waals surface area contributed by atoms with Crippen LogP contribution in [0.25, 0.3) is 0 Å². The van der Waals surface area contributed by atoms with Gasteiger partial charge in [0.15, 0.2) is 0 Å². The van der Waals surface area contributed by atoms with E-state index < -0.39 is 0 Å². The second-order valence-corrected chi connectivity index (χ2v) is 12.8. The minimum Gasteiger partial charge on any atom is -0.392 e. The summed E-state index contributed by atoms with van der Waals surface area (Å²) in [5.41, 5.74) is 11.5. The Labute approximate surface area is 221 Å². The molecule has 7 atom stereocenters. The first-order valence-electron chi connectivity index (χ1n) is 14.9. The van der Waals surface area contributed by atoms with Crippen LogP contribution in [0.5, 0.6) is 0 Å². The lowest BCUT2D eigenvalue weighted by Gasteiger charge is -2.40. The van der Waals surface area contributed by atoms with E-state index >= 15 is 0 Å². The first-order valence-corrected chi connectivity index (χ1v) is 14.9. The van der Waals surface area contributed by atoms with E-state index in [1.54, 1.807) is 0 Å². The number of aliphatic hydroxyl groups excluding tert-OH is 1. The third-order valence-electron chi connectivity index (χ3n) is 10.5. The van der Waals surface area contributed by atoms with Crippen molar-refractivity contribution in [3.8, 4) is 0 Å². The molecule has 5 fully saturated rings. The van der Waals surface area contributed by atoms with Crippen LogP contribution >= 0.6 is 0 Å². The molecule has 2 amide bonds. The highest BCUT2D eigenvalue weighted by Crippen LogP contribution is 2.43.